The Hall–Kier alpha value is -0.540. The van der Waals surface area contributed by atoms with E-state index in [1.54, 1.807) is 0 Å². The fourth-order valence-corrected chi connectivity index (χ4v) is 2.23. The van der Waals surface area contributed by atoms with Gasteiger partial charge in [0.25, 0.3) is 0 Å². The van der Waals surface area contributed by atoms with E-state index < -0.39 is 0 Å². The highest BCUT2D eigenvalue weighted by molar-refractivity contribution is 6.70. The predicted octanol–water partition coefficient (Wildman–Crippen LogP) is 2.40. The Morgan fingerprint density at radius 3 is 2.71 bits per heavy atom. The van der Waals surface area contributed by atoms with Gasteiger partial charge in [-0.1, -0.05) is 30.1 Å². The Bertz CT molecular complexity index is 408. The maximum Gasteiger partial charge on any atom is 0.136 e. The van der Waals surface area contributed by atoms with Crippen LogP contribution in [-0.4, -0.2) is 20.5 Å². The minimum atomic E-state index is -0.302. The first-order chi connectivity index (χ1) is 6.52. The quantitative estimate of drug-likeness (QED) is 0.499. The van der Waals surface area contributed by atoms with Crippen molar-refractivity contribution in [2.75, 3.05) is 0 Å². The van der Waals surface area contributed by atoms with Crippen molar-refractivity contribution in [1.82, 2.24) is 9.78 Å². The first-order valence-electron chi connectivity index (χ1n) is 4.43. The number of aryl methyl sites for hydroxylation is 1. The van der Waals surface area contributed by atoms with Crippen LogP contribution in [0.25, 0.3) is 0 Å². The summed E-state index contributed by atoms with van der Waals surface area (Å²) >= 11 is 12.1. The second kappa shape index (κ2) is 3.24. The molecule has 2 heterocycles. The Balaban J connectivity index is 2.65. The summed E-state index contributed by atoms with van der Waals surface area (Å²) in [4.78, 5) is 4.17. The summed E-state index contributed by atoms with van der Waals surface area (Å²) in [5.41, 5.74) is 2.62. The van der Waals surface area contributed by atoms with E-state index >= 15 is 0 Å². The zero-order valence-corrected chi connectivity index (χ0v) is 9.76. The third kappa shape index (κ3) is 1.27. The minimum absolute atomic E-state index is 0.120. The molecule has 76 valence electrons. The number of fused-ring (bicyclic) bond motifs is 1. The van der Waals surface area contributed by atoms with Crippen LogP contribution in [0, 0.1) is 6.92 Å². The Morgan fingerprint density at radius 1 is 1.43 bits per heavy atom. The molecule has 0 amide bonds. The molecule has 0 aliphatic carbocycles. The average Bonchev–Trinajstić information content (AvgIpc) is 2.40. The minimum Gasteiger partial charge on any atom is -0.272 e. The van der Waals surface area contributed by atoms with E-state index in [-0.39, 0.29) is 11.4 Å². The molecule has 1 aliphatic heterocycles. The number of aromatic nitrogens is 2. The van der Waals surface area contributed by atoms with Crippen LogP contribution < -0.4 is 0 Å². The smallest absolute Gasteiger partial charge is 0.136 e. The van der Waals surface area contributed by atoms with Crippen molar-refractivity contribution in [2.45, 2.75) is 25.3 Å². The van der Waals surface area contributed by atoms with E-state index in [1.165, 1.54) is 0 Å². The summed E-state index contributed by atoms with van der Waals surface area (Å²) in [6.45, 7) is 3.99. The summed E-state index contributed by atoms with van der Waals surface area (Å²) in [5.74, 6) is 0.120. The van der Waals surface area contributed by atoms with Crippen molar-refractivity contribution < 1.29 is 0 Å². The topological polar surface area (TPSA) is 30.2 Å². The van der Waals surface area contributed by atoms with E-state index in [2.05, 4.69) is 10.1 Å². The Labute approximate surface area is 92.7 Å². The molecule has 2 unspecified atom stereocenters. The van der Waals surface area contributed by atoms with E-state index in [1.807, 2.05) is 25.6 Å². The van der Waals surface area contributed by atoms with Gasteiger partial charge in [0.15, 0.2) is 0 Å². The van der Waals surface area contributed by atoms with Gasteiger partial charge in [-0.15, -0.1) is 0 Å². The van der Waals surface area contributed by atoms with Gasteiger partial charge in [-0.05, 0) is 6.92 Å². The van der Waals surface area contributed by atoms with Crippen molar-refractivity contribution in [3.05, 3.63) is 17.0 Å². The molecule has 14 heavy (non-hydrogen) atoms. The normalized spacial score (nSPS) is 25.9. The highest BCUT2D eigenvalue weighted by atomic mass is 35.5. The lowest BCUT2D eigenvalue weighted by atomic mass is 10.0. The van der Waals surface area contributed by atoms with Crippen molar-refractivity contribution in [3.63, 3.8) is 0 Å². The molecule has 0 fully saturated rings. The molecule has 3 nitrogen and oxygen atoms in total. The lowest BCUT2D eigenvalue weighted by Gasteiger charge is -2.19. The largest absolute Gasteiger partial charge is 0.272 e. The van der Waals surface area contributed by atoms with Gasteiger partial charge in [-0.3, -0.25) is 9.67 Å². The van der Waals surface area contributed by atoms with Gasteiger partial charge >= 0.3 is 0 Å². The van der Waals surface area contributed by atoms with Gasteiger partial charge in [0.1, 0.15) is 10.7 Å². The fraction of sp³-hybridized carbons (Fsp3) is 0.556. The van der Waals surface area contributed by atoms with Crippen molar-refractivity contribution in [1.29, 1.82) is 0 Å². The maximum absolute atomic E-state index is 6.04. The molecular formula is C9H11Cl2N3. The van der Waals surface area contributed by atoms with Crippen LogP contribution in [0.1, 0.15) is 29.8 Å². The van der Waals surface area contributed by atoms with E-state index in [0.717, 1.165) is 17.0 Å². The molecule has 1 aromatic rings. The van der Waals surface area contributed by atoms with Crippen LogP contribution in [0.4, 0.5) is 0 Å². The lowest BCUT2D eigenvalue weighted by molar-refractivity contribution is 0.650. The van der Waals surface area contributed by atoms with Gasteiger partial charge < -0.3 is 0 Å². The summed E-state index contributed by atoms with van der Waals surface area (Å²) < 4.78 is 1.81. The molecular weight excluding hydrogens is 221 g/mol. The molecule has 0 saturated carbocycles. The third-order valence-electron chi connectivity index (χ3n) is 2.65. The summed E-state index contributed by atoms with van der Waals surface area (Å²) in [6.07, 6.45) is 0. The highest BCUT2D eigenvalue weighted by Crippen LogP contribution is 2.33. The summed E-state index contributed by atoms with van der Waals surface area (Å²) in [7, 11) is 1.90. The van der Waals surface area contributed by atoms with Crippen LogP contribution in [-0.2, 0) is 7.05 Å². The molecule has 2 rings (SSSR count). The van der Waals surface area contributed by atoms with Crippen LogP contribution in [0.2, 0.25) is 0 Å². The van der Waals surface area contributed by atoms with Crippen molar-refractivity contribution in [3.8, 4) is 0 Å². The first kappa shape index (κ1) is 9.99. The Kier molecular flexibility index (Phi) is 2.32. The predicted molar refractivity (Wildman–Crippen MR) is 58.4 cm³/mol. The molecule has 0 radical (unpaired) electrons. The number of nitrogens with zero attached hydrogens (tertiary/aromatic N) is 3. The number of halogens is 2. The van der Waals surface area contributed by atoms with Crippen LogP contribution >= 0.6 is 23.2 Å². The van der Waals surface area contributed by atoms with E-state index in [4.69, 9.17) is 23.2 Å². The molecule has 0 saturated heterocycles. The molecule has 2 atom stereocenters. The molecule has 1 aromatic heterocycles. The number of aliphatic imine (C=N–C) groups is 1. The van der Waals surface area contributed by atoms with Crippen LogP contribution in [0.3, 0.4) is 0 Å². The zero-order chi connectivity index (χ0) is 10.5. The molecule has 0 aromatic carbocycles. The molecule has 0 N–H and O–H groups in total. The second-order valence-electron chi connectivity index (χ2n) is 3.55. The van der Waals surface area contributed by atoms with Gasteiger partial charge in [0.2, 0.25) is 0 Å². The van der Waals surface area contributed by atoms with Crippen molar-refractivity contribution >= 4 is 28.4 Å². The second-order valence-corrected chi connectivity index (χ2v) is 4.36. The average molecular weight is 232 g/mol. The van der Waals surface area contributed by atoms with Gasteiger partial charge in [0.05, 0.1) is 11.3 Å². The monoisotopic (exact) mass is 231 g/mol. The summed E-state index contributed by atoms with van der Waals surface area (Å²) in [5, 5.41) is 4.88. The number of hydrogen-bond donors (Lipinski definition) is 0. The number of rotatable bonds is 0. The zero-order valence-electron chi connectivity index (χ0n) is 8.25. The molecule has 5 heteroatoms. The van der Waals surface area contributed by atoms with Crippen LogP contribution in [0.15, 0.2) is 4.99 Å². The standard InChI is InChI=1S/C9H11Cl2N3/c1-4-7-6(5(2)14(3)13-7)9(11)12-8(4)10/h4,8H,1-3H3. The molecule has 1 aliphatic rings. The van der Waals surface area contributed by atoms with Gasteiger partial charge in [0, 0.05) is 18.7 Å². The van der Waals surface area contributed by atoms with E-state index in [9.17, 15) is 0 Å². The summed E-state index contributed by atoms with van der Waals surface area (Å²) in [6, 6.07) is 0. The van der Waals surface area contributed by atoms with Gasteiger partial charge in [-0.2, -0.15) is 5.10 Å². The first-order valence-corrected chi connectivity index (χ1v) is 5.25. The number of hydrogen-bond acceptors (Lipinski definition) is 2. The van der Waals surface area contributed by atoms with Crippen molar-refractivity contribution in [2.24, 2.45) is 12.0 Å². The fourth-order valence-electron chi connectivity index (χ4n) is 1.62. The Morgan fingerprint density at radius 2 is 2.07 bits per heavy atom. The van der Waals surface area contributed by atoms with Gasteiger partial charge in [-0.25, -0.2) is 0 Å². The molecule has 0 spiro atoms. The molecule has 0 bridgehead atoms. The highest BCUT2D eigenvalue weighted by Gasteiger charge is 2.30. The third-order valence-corrected chi connectivity index (χ3v) is 3.41. The SMILES string of the molecule is Cc1c2c(nn1C)C(C)C(Cl)N=C2Cl. The van der Waals surface area contributed by atoms with E-state index in [0.29, 0.717) is 5.17 Å². The lowest BCUT2D eigenvalue weighted by Crippen LogP contribution is -2.17. The van der Waals surface area contributed by atoms with Crippen LogP contribution in [0.5, 0.6) is 0 Å². The maximum atomic E-state index is 6.04. The number of alkyl halides is 1.